The average molecular weight is 229 g/mol. The molecule has 1 amide bonds. The fraction of sp³-hybridized carbons (Fsp3) is 0.556. The minimum atomic E-state index is 0.223. The summed E-state index contributed by atoms with van der Waals surface area (Å²) in [5.74, 6) is 0.561. The number of halogens is 1. The highest BCUT2D eigenvalue weighted by Crippen LogP contribution is 2.15. The topological polar surface area (TPSA) is 64.2 Å². The van der Waals surface area contributed by atoms with Crippen LogP contribution < -0.4 is 5.73 Å². The molecule has 5 nitrogen and oxygen atoms in total. The van der Waals surface area contributed by atoms with E-state index in [0.717, 1.165) is 13.0 Å². The Morgan fingerprint density at radius 1 is 1.53 bits per heavy atom. The highest BCUT2D eigenvalue weighted by atomic mass is 35.5. The molecule has 2 N–H and O–H groups in total. The number of anilines is 1. The highest BCUT2D eigenvalue weighted by molar-refractivity contribution is 6.32. The van der Waals surface area contributed by atoms with E-state index in [2.05, 4.69) is 5.10 Å². The van der Waals surface area contributed by atoms with Gasteiger partial charge >= 0.3 is 0 Å². The van der Waals surface area contributed by atoms with Crippen molar-refractivity contribution in [2.75, 3.05) is 18.8 Å². The van der Waals surface area contributed by atoms with Gasteiger partial charge in [0.25, 0.3) is 0 Å². The van der Waals surface area contributed by atoms with E-state index < -0.39 is 0 Å². The molecule has 15 heavy (non-hydrogen) atoms. The number of rotatable bonds is 3. The molecule has 0 saturated carbocycles. The molecule has 0 aliphatic carbocycles. The van der Waals surface area contributed by atoms with Crippen molar-refractivity contribution in [3.63, 3.8) is 0 Å². The summed E-state index contributed by atoms with van der Waals surface area (Å²) in [5, 5.41) is 4.48. The lowest BCUT2D eigenvalue weighted by molar-refractivity contribution is -0.127. The van der Waals surface area contributed by atoms with Gasteiger partial charge in [0.1, 0.15) is 5.02 Å². The maximum Gasteiger partial charge on any atom is 0.222 e. The second-order valence-electron chi connectivity index (χ2n) is 3.61. The Kier molecular flexibility index (Phi) is 2.81. The first kappa shape index (κ1) is 10.3. The first-order chi connectivity index (χ1) is 7.16. The molecule has 0 atom stereocenters. The predicted octanol–water partition coefficient (Wildman–Crippen LogP) is 0.741. The van der Waals surface area contributed by atoms with E-state index in [0.29, 0.717) is 30.4 Å². The monoisotopic (exact) mass is 228 g/mol. The molecule has 0 unspecified atom stereocenters. The number of nitrogens with zero attached hydrogens (tertiary/aromatic N) is 3. The largest absolute Gasteiger partial charge is 0.381 e. The van der Waals surface area contributed by atoms with Crippen LogP contribution in [0.15, 0.2) is 6.20 Å². The number of nitrogen functional groups attached to an aromatic ring is 1. The molecule has 82 valence electrons. The molecule has 6 heteroatoms. The number of carbonyl (C=O) groups excluding carboxylic acids is 1. The summed E-state index contributed by atoms with van der Waals surface area (Å²) in [6, 6.07) is 0. The van der Waals surface area contributed by atoms with E-state index in [1.165, 1.54) is 0 Å². The fourth-order valence-corrected chi connectivity index (χ4v) is 1.84. The maximum absolute atomic E-state index is 11.3. The van der Waals surface area contributed by atoms with Gasteiger partial charge in [-0.15, -0.1) is 0 Å². The van der Waals surface area contributed by atoms with Crippen LogP contribution in [0.4, 0.5) is 5.82 Å². The second kappa shape index (κ2) is 4.10. The normalized spacial score (nSPS) is 16.3. The summed E-state index contributed by atoms with van der Waals surface area (Å²) in [5.41, 5.74) is 5.51. The van der Waals surface area contributed by atoms with Crippen LogP contribution in [0.5, 0.6) is 0 Å². The Morgan fingerprint density at radius 2 is 2.33 bits per heavy atom. The summed E-state index contributed by atoms with van der Waals surface area (Å²) < 4.78 is 1.67. The molecule has 1 aliphatic rings. The zero-order valence-electron chi connectivity index (χ0n) is 8.32. The van der Waals surface area contributed by atoms with Gasteiger partial charge in [0.2, 0.25) is 5.91 Å². The number of hydrogen-bond donors (Lipinski definition) is 1. The van der Waals surface area contributed by atoms with Gasteiger partial charge in [0.05, 0.1) is 6.54 Å². The molecule has 1 fully saturated rings. The third kappa shape index (κ3) is 2.23. The molecule has 0 spiro atoms. The quantitative estimate of drug-likeness (QED) is 0.830. The van der Waals surface area contributed by atoms with Crippen LogP contribution in [0, 0.1) is 0 Å². The number of likely N-dealkylation sites (tertiary alicyclic amines) is 1. The molecule has 0 aromatic carbocycles. The lowest BCUT2D eigenvalue weighted by atomic mass is 10.4. The van der Waals surface area contributed by atoms with Crippen molar-refractivity contribution in [3.05, 3.63) is 11.2 Å². The van der Waals surface area contributed by atoms with Gasteiger partial charge < -0.3 is 10.6 Å². The van der Waals surface area contributed by atoms with Crippen LogP contribution in [-0.2, 0) is 11.3 Å². The summed E-state index contributed by atoms with van der Waals surface area (Å²) in [6.07, 6.45) is 3.31. The van der Waals surface area contributed by atoms with Gasteiger partial charge in [-0.3, -0.25) is 9.48 Å². The van der Waals surface area contributed by atoms with Gasteiger partial charge in [-0.1, -0.05) is 11.6 Å². The summed E-state index contributed by atoms with van der Waals surface area (Å²) in [6.45, 7) is 2.17. The number of amides is 1. The Labute approximate surface area is 92.8 Å². The van der Waals surface area contributed by atoms with E-state index in [-0.39, 0.29) is 5.91 Å². The molecule has 2 rings (SSSR count). The minimum absolute atomic E-state index is 0.223. The second-order valence-corrected chi connectivity index (χ2v) is 4.02. The number of hydrogen-bond acceptors (Lipinski definition) is 3. The maximum atomic E-state index is 11.3. The fourth-order valence-electron chi connectivity index (χ4n) is 1.69. The van der Waals surface area contributed by atoms with Crippen molar-refractivity contribution in [2.45, 2.75) is 19.4 Å². The van der Waals surface area contributed by atoms with E-state index in [9.17, 15) is 4.79 Å². The number of carbonyl (C=O) groups is 1. The van der Waals surface area contributed by atoms with Crippen molar-refractivity contribution < 1.29 is 4.79 Å². The Balaban J connectivity index is 1.90. The van der Waals surface area contributed by atoms with Crippen LogP contribution in [0.1, 0.15) is 12.8 Å². The number of aromatic nitrogens is 2. The van der Waals surface area contributed by atoms with Crippen molar-refractivity contribution >= 4 is 23.3 Å². The third-order valence-corrected chi connectivity index (χ3v) is 2.80. The van der Waals surface area contributed by atoms with Crippen LogP contribution >= 0.6 is 11.6 Å². The molecular formula is C9H13ClN4O. The molecule has 1 saturated heterocycles. The SMILES string of the molecule is Nc1nn(CCN2CCCC2=O)cc1Cl. The molecule has 2 heterocycles. The lowest BCUT2D eigenvalue weighted by Crippen LogP contribution is -2.28. The molecule has 0 radical (unpaired) electrons. The number of nitrogens with two attached hydrogens (primary N) is 1. The van der Waals surface area contributed by atoms with Crippen LogP contribution in [0.2, 0.25) is 5.02 Å². The summed E-state index contributed by atoms with van der Waals surface area (Å²) >= 11 is 5.76. The van der Waals surface area contributed by atoms with E-state index in [4.69, 9.17) is 17.3 Å². The first-order valence-corrected chi connectivity index (χ1v) is 5.31. The summed E-state index contributed by atoms with van der Waals surface area (Å²) in [4.78, 5) is 13.2. The van der Waals surface area contributed by atoms with Crippen molar-refractivity contribution in [1.82, 2.24) is 14.7 Å². The zero-order valence-corrected chi connectivity index (χ0v) is 9.07. The highest BCUT2D eigenvalue weighted by Gasteiger charge is 2.19. The average Bonchev–Trinajstić information content (AvgIpc) is 2.72. The Morgan fingerprint density at radius 3 is 2.87 bits per heavy atom. The predicted molar refractivity (Wildman–Crippen MR) is 57.5 cm³/mol. The lowest BCUT2D eigenvalue weighted by Gasteiger charge is -2.14. The van der Waals surface area contributed by atoms with Crippen LogP contribution in [0.25, 0.3) is 0 Å². The minimum Gasteiger partial charge on any atom is -0.381 e. The molecule has 1 aliphatic heterocycles. The first-order valence-electron chi connectivity index (χ1n) is 4.93. The Hall–Kier alpha value is -1.23. The summed E-state index contributed by atoms with van der Waals surface area (Å²) in [7, 11) is 0. The van der Waals surface area contributed by atoms with Crippen LogP contribution in [-0.4, -0.2) is 33.7 Å². The van der Waals surface area contributed by atoms with Crippen molar-refractivity contribution in [2.24, 2.45) is 0 Å². The molecule has 1 aromatic rings. The Bertz CT molecular complexity index is 357. The van der Waals surface area contributed by atoms with E-state index in [1.54, 1.807) is 10.9 Å². The van der Waals surface area contributed by atoms with Gasteiger partial charge in [-0.25, -0.2) is 0 Å². The van der Waals surface area contributed by atoms with Gasteiger partial charge in [-0.2, -0.15) is 5.10 Å². The van der Waals surface area contributed by atoms with E-state index in [1.807, 2.05) is 4.90 Å². The van der Waals surface area contributed by atoms with E-state index >= 15 is 0 Å². The third-order valence-electron chi connectivity index (χ3n) is 2.51. The smallest absolute Gasteiger partial charge is 0.222 e. The van der Waals surface area contributed by atoms with Gasteiger partial charge in [0, 0.05) is 25.7 Å². The molecule has 0 bridgehead atoms. The van der Waals surface area contributed by atoms with Gasteiger partial charge in [0.15, 0.2) is 5.82 Å². The van der Waals surface area contributed by atoms with Gasteiger partial charge in [-0.05, 0) is 6.42 Å². The van der Waals surface area contributed by atoms with Crippen molar-refractivity contribution in [3.8, 4) is 0 Å². The van der Waals surface area contributed by atoms with Crippen molar-refractivity contribution in [1.29, 1.82) is 0 Å². The standard InChI is InChI=1S/C9H13ClN4O/c10-7-6-14(12-9(7)11)5-4-13-3-1-2-8(13)15/h6H,1-5H2,(H2,11,12). The molecule has 1 aromatic heterocycles. The molecular weight excluding hydrogens is 216 g/mol. The zero-order chi connectivity index (χ0) is 10.8. The van der Waals surface area contributed by atoms with Crippen LogP contribution in [0.3, 0.4) is 0 Å².